The Morgan fingerprint density at radius 3 is 2.71 bits per heavy atom. The van der Waals surface area contributed by atoms with E-state index in [1.165, 1.54) is 0 Å². The number of nitrogens with one attached hydrogen (secondary N) is 1. The molecule has 0 aromatic heterocycles. The Hall–Kier alpha value is -1.45. The Balaban J connectivity index is 1.80. The minimum atomic E-state index is 0.103. The van der Waals surface area contributed by atoms with Gasteiger partial charge in [0, 0.05) is 24.1 Å². The molecule has 1 aromatic carbocycles. The number of aliphatic hydroxyl groups is 1. The van der Waals surface area contributed by atoms with Crippen LogP contribution in [0.15, 0.2) is 42.5 Å². The summed E-state index contributed by atoms with van der Waals surface area (Å²) in [5.74, 6) is 0.339. The molecule has 1 aliphatic rings. The molecule has 0 saturated heterocycles. The predicted molar refractivity (Wildman–Crippen MR) is 66.9 cm³/mol. The number of aliphatic hydroxyl groups excluding tert-OH is 1. The highest BCUT2D eigenvalue weighted by Crippen LogP contribution is 2.16. The molecule has 3 nitrogen and oxygen atoms in total. The number of Topliss-reactive ketones (excluding diaryl/α,β-unsaturated/α-hetero) is 1. The van der Waals surface area contributed by atoms with Crippen molar-refractivity contribution in [1.29, 1.82) is 0 Å². The van der Waals surface area contributed by atoms with Crippen LogP contribution in [0.25, 0.3) is 0 Å². The van der Waals surface area contributed by atoms with E-state index in [0.717, 1.165) is 12.0 Å². The summed E-state index contributed by atoms with van der Waals surface area (Å²) in [6, 6.07) is 9.49. The SMILES string of the molecule is O=C(CNC1C=CC(CO)C1)c1ccccc1. The molecule has 0 heterocycles. The Bertz CT molecular complexity index is 400. The average molecular weight is 231 g/mol. The van der Waals surface area contributed by atoms with E-state index in [4.69, 9.17) is 5.11 Å². The van der Waals surface area contributed by atoms with Crippen molar-refractivity contribution >= 4 is 5.78 Å². The Morgan fingerprint density at radius 2 is 2.06 bits per heavy atom. The molecule has 0 spiro atoms. The summed E-state index contributed by atoms with van der Waals surface area (Å²) in [5, 5.41) is 12.2. The maximum atomic E-state index is 11.8. The number of benzene rings is 1. The first-order chi connectivity index (χ1) is 8.29. The summed E-state index contributed by atoms with van der Waals surface area (Å²) >= 11 is 0. The molecule has 0 amide bonds. The molecule has 2 N–H and O–H groups in total. The van der Waals surface area contributed by atoms with Gasteiger partial charge in [-0.15, -0.1) is 0 Å². The van der Waals surface area contributed by atoms with Gasteiger partial charge in [0.05, 0.1) is 6.54 Å². The van der Waals surface area contributed by atoms with Gasteiger partial charge in [-0.2, -0.15) is 0 Å². The van der Waals surface area contributed by atoms with Gasteiger partial charge in [0.2, 0.25) is 0 Å². The number of ketones is 1. The fourth-order valence-corrected chi connectivity index (χ4v) is 2.01. The Labute approximate surface area is 101 Å². The maximum Gasteiger partial charge on any atom is 0.176 e. The lowest BCUT2D eigenvalue weighted by Crippen LogP contribution is -2.31. The summed E-state index contributed by atoms with van der Waals surface area (Å²) in [4.78, 5) is 11.8. The minimum Gasteiger partial charge on any atom is -0.396 e. The average Bonchev–Trinajstić information content (AvgIpc) is 2.85. The number of carbonyl (C=O) groups is 1. The van der Waals surface area contributed by atoms with Crippen molar-refractivity contribution in [3.63, 3.8) is 0 Å². The van der Waals surface area contributed by atoms with E-state index in [2.05, 4.69) is 5.32 Å². The third-order valence-corrected chi connectivity index (χ3v) is 3.03. The number of hydrogen-bond acceptors (Lipinski definition) is 3. The highest BCUT2D eigenvalue weighted by atomic mass is 16.3. The van der Waals surface area contributed by atoms with Crippen molar-refractivity contribution in [2.45, 2.75) is 12.5 Å². The van der Waals surface area contributed by atoms with E-state index < -0.39 is 0 Å². The molecule has 1 aliphatic carbocycles. The second-order valence-corrected chi connectivity index (χ2v) is 4.34. The van der Waals surface area contributed by atoms with Gasteiger partial charge in [-0.1, -0.05) is 42.5 Å². The lowest BCUT2D eigenvalue weighted by atomic mass is 10.1. The summed E-state index contributed by atoms with van der Waals surface area (Å²) in [6.45, 7) is 0.526. The molecule has 0 bridgehead atoms. The van der Waals surface area contributed by atoms with Crippen molar-refractivity contribution in [3.05, 3.63) is 48.0 Å². The van der Waals surface area contributed by atoms with E-state index in [1.54, 1.807) is 0 Å². The first kappa shape index (κ1) is 12.0. The highest BCUT2D eigenvalue weighted by Gasteiger charge is 2.18. The quantitative estimate of drug-likeness (QED) is 0.595. The van der Waals surface area contributed by atoms with Crippen LogP contribution in [0.4, 0.5) is 0 Å². The van der Waals surface area contributed by atoms with Crippen LogP contribution in [-0.4, -0.2) is 30.1 Å². The summed E-state index contributed by atoms with van der Waals surface area (Å²) in [7, 11) is 0. The van der Waals surface area contributed by atoms with Gasteiger partial charge in [0.1, 0.15) is 0 Å². The van der Waals surface area contributed by atoms with Crippen LogP contribution >= 0.6 is 0 Å². The number of rotatable bonds is 5. The largest absolute Gasteiger partial charge is 0.396 e. The van der Waals surface area contributed by atoms with Crippen molar-refractivity contribution in [2.75, 3.05) is 13.2 Å². The fraction of sp³-hybridized carbons (Fsp3) is 0.357. The normalized spacial score (nSPS) is 22.9. The molecule has 2 rings (SSSR count). The highest BCUT2D eigenvalue weighted by molar-refractivity contribution is 5.97. The Kier molecular flexibility index (Phi) is 4.07. The van der Waals surface area contributed by atoms with Crippen LogP contribution in [0, 0.1) is 5.92 Å². The molecular weight excluding hydrogens is 214 g/mol. The Morgan fingerprint density at radius 1 is 1.29 bits per heavy atom. The second-order valence-electron chi connectivity index (χ2n) is 4.34. The first-order valence-electron chi connectivity index (χ1n) is 5.90. The van der Waals surface area contributed by atoms with E-state index in [0.29, 0.717) is 6.54 Å². The van der Waals surface area contributed by atoms with Gasteiger partial charge in [0.15, 0.2) is 5.78 Å². The molecular formula is C14H17NO2. The number of carbonyl (C=O) groups excluding carboxylic acids is 1. The molecule has 0 saturated carbocycles. The van der Waals surface area contributed by atoms with Crippen molar-refractivity contribution in [1.82, 2.24) is 5.32 Å². The summed E-state index contributed by atoms with van der Waals surface area (Å²) in [6.07, 6.45) is 4.91. The van der Waals surface area contributed by atoms with E-state index >= 15 is 0 Å². The van der Waals surface area contributed by atoms with Gasteiger partial charge < -0.3 is 10.4 Å². The second kappa shape index (κ2) is 5.75. The third-order valence-electron chi connectivity index (χ3n) is 3.03. The molecule has 2 unspecified atom stereocenters. The topological polar surface area (TPSA) is 49.3 Å². The fourth-order valence-electron chi connectivity index (χ4n) is 2.01. The minimum absolute atomic E-state index is 0.103. The van der Waals surface area contributed by atoms with Crippen LogP contribution < -0.4 is 5.32 Å². The molecule has 3 heteroatoms. The van der Waals surface area contributed by atoms with E-state index in [9.17, 15) is 4.79 Å². The zero-order chi connectivity index (χ0) is 12.1. The smallest absolute Gasteiger partial charge is 0.176 e. The van der Waals surface area contributed by atoms with Crippen molar-refractivity contribution in [2.24, 2.45) is 5.92 Å². The van der Waals surface area contributed by atoms with Crippen molar-refractivity contribution in [3.8, 4) is 0 Å². The van der Waals surface area contributed by atoms with Gasteiger partial charge in [-0.05, 0) is 6.42 Å². The van der Waals surface area contributed by atoms with Crippen LogP contribution in [0.2, 0.25) is 0 Å². The molecule has 1 aromatic rings. The maximum absolute atomic E-state index is 11.8. The van der Waals surface area contributed by atoms with Gasteiger partial charge >= 0.3 is 0 Å². The summed E-state index contributed by atoms with van der Waals surface area (Å²) < 4.78 is 0. The molecule has 0 aliphatic heterocycles. The monoisotopic (exact) mass is 231 g/mol. The first-order valence-corrected chi connectivity index (χ1v) is 5.90. The zero-order valence-corrected chi connectivity index (χ0v) is 9.67. The standard InChI is InChI=1S/C14H17NO2/c16-10-11-6-7-13(8-11)15-9-14(17)12-4-2-1-3-5-12/h1-7,11,13,15-16H,8-10H2. The lowest BCUT2D eigenvalue weighted by molar-refractivity contribution is 0.0988. The van der Waals surface area contributed by atoms with Crippen molar-refractivity contribution < 1.29 is 9.90 Å². The van der Waals surface area contributed by atoms with E-state index in [1.807, 2.05) is 42.5 Å². The van der Waals surface area contributed by atoms with Crippen LogP contribution in [-0.2, 0) is 0 Å². The third kappa shape index (κ3) is 3.25. The predicted octanol–water partition coefficient (Wildman–Crippen LogP) is 1.40. The molecule has 90 valence electrons. The molecule has 17 heavy (non-hydrogen) atoms. The van der Waals surface area contributed by atoms with Crippen LogP contribution in [0.3, 0.4) is 0 Å². The zero-order valence-electron chi connectivity index (χ0n) is 9.67. The van der Waals surface area contributed by atoms with Gasteiger partial charge in [0.25, 0.3) is 0 Å². The van der Waals surface area contributed by atoms with Gasteiger partial charge in [-0.25, -0.2) is 0 Å². The van der Waals surface area contributed by atoms with E-state index in [-0.39, 0.29) is 24.3 Å². The lowest BCUT2D eigenvalue weighted by Gasteiger charge is -2.11. The van der Waals surface area contributed by atoms with Crippen LogP contribution in [0.5, 0.6) is 0 Å². The molecule has 0 radical (unpaired) electrons. The van der Waals surface area contributed by atoms with Gasteiger partial charge in [-0.3, -0.25) is 4.79 Å². The molecule has 0 fully saturated rings. The summed E-state index contributed by atoms with van der Waals surface area (Å²) in [5.41, 5.74) is 0.737. The molecule has 2 atom stereocenters. The number of hydrogen-bond donors (Lipinski definition) is 2. The van der Waals surface area contributed by atoms with Crippen LogP contribution in [0.1, 0.15) is 16.8 Å².